The summed E-state index contributed by atoms with van der Waals surface area (Å²) in [6.45, 7) is 7.74. The third kappa shape index (κ3) is 7.48. The zero-order chi connectivity index (χ0) is 19.1. The number of anilines is 1. The van der Waals surface area contributed by atoms with Gasteiger partial charge in [0.15, 0.2) is 5.96 Å². The zero-order valence-corrected chi connectivity index (χ0v) is 19.4. The second-order valence-corrected chi connectivity index (χ2v) is 7.62. The van der Waals surface area contributed by atoms with Gasteiger partial charge in [-0.25, -0.2) is 0 Å². The SMILES string of the molecule is CCNC(=NCCCC(=O)NC1CC1)NC1CCN(c2ccc(C)cc2)C1.I. The lowest BCUT2D eigenvalue weighted by molar-refractivity contribution is -0.121. The minimum absolute atomic E-state index is 0. The van der Waals surface area contributed by atoms with Gasteiger partial charge in [0.2, 0.25) is 5.91 Å². The summed E-state index contributed by atoms with van der Waals surface area (Å²) in [6.07, 6.45) is 4.72. The largest absolute Gasteiger partial charge is 0.369 e. The van der Waals surface area contributed by atoms with E-state index in [0.717, 1.165) is 51.3 Å². The van der Waals surface area contributed by atoms with Crippen molar-refractivity contribution in [2.75, 3.05) is 31.1 Å². The molecule has 0 bridgehead atoms. The average molecular weight is 499 g/mol. The Bertz CT molecular complexity index is 645. The smallest absolute Gasteiger partial charge is 0.220 e. The monoisotopic (exact) mass is 499 g/mol. The second kappa shape index (κ2) is 11.5. The number of guanidine groups is 1. The molecule has 1 unspecified atom stereocenters. The summed E-state index contributed by atoms with van der Waals surface area (Å²) < 4.78 is 0. The number of rotatable bonds is 8. The number of nitrogens with one attached hydrogen (secondary N) is 3. The van der Waals surface area contributed by atoms with Gasteiger partial charge in [0.1, 0.15) is 0 Å². The van der Waals surface area contributed by atoms with Gasteiger partial charge in [-0.15, -0.1) is 24.0 Å². The van der Waals surface area contributed by atoms with Crippen LogP contribution >= 0.6 is 24.0 Å². The van der Waals surface area contributed by atoms with Crippen LogP contribution in [0, 0.1) is 6.92 Å². The molecule has 1 aromatic carbocycles. The third-order valence-electron chi connectivity index (χ3n) is 5.05. The van der Waals surface area contributed by atoms with E-state index in [9.17, 15) is 4.79 Å². The lowest BCUT2D eigenvalue weighted by atomic mass is 10.2. The number of carbonyl (C=O) groups is 1. The van der Waals surface area contributed by atoms with E-state index in [4.69, 9.17) is 0 Å². The molecule has 1 aliphatic heterocycles. The van der Waals surface area contributed by atoms with E-state index in [0.29, 0.717) is 25.0 Å². The highest BCUT2D eigenvalue weighted by molar-refractivity contribution is 14.0. The fraction of sp³-hybridized carbons (Fsp3) is 0.619. The zero-order valence-electron chi connectivity index (χ0n) is 17.0. The molecule has 28 heavy (non-hydrogen) atoms. The summed E-state index contributed by atoms with van der Waals surface area (Å²) in [5.41, 5.74) is 2.58. The average Bonchev–Trinajstić information content (AvgIpc) is 3.34. The van der Waals surface area contributed by atoms with Crippen molar-refractivity contribution in [3.8, 4) is 0 Å². The Hall–Kier alpha value is -1.51. The van der Waals surface area contributed by atoms with Gasteiger partial charge in [0.05, 0.1) is 0 Å². The Morgan fingerprint density at radius 3 is 2.57 bits per heavy atom. The van der Waals surface area contributed by atoms with Crippen molar-refractivity contribution < 1.29 is 4.79 Å². The predicted molar refractivity (Wildman–Crippen MR) is 127 cm³/mol. The second-order valence-electron chi connectivity index (χ2n) is 7.62. The molecule has 1 saturated heterocycles. The van der Waals surface area contributed by atoms with Crippen molar-refractivity contribution in [3.63, 3.8) is 0 Å². The number of aryl methyl sites for hydroxylation is 1. The molecule has 0 spiro atoms. The minimum atomic E-state index is 0. The molecule has 6 nitrogen and oxygen atoms in total. The molecule has 156 valence electrons. The first-order valence-electron chi connectivity index (χ1n) is 10.3. The van der Waals surface area contributed by atoms with Crippen LogP contribution in [0.1, 0.15) is 44.6 Å². The van der Waals surface area contributed by atoms with Crippen LogP contribution in [0.2, 0.25) is 0 Å². The molecule has 0 radical (unpaired) electrons. The van der Waals surface area contributed by atoms with E-state index in [1.54, 1.807) is 0 Å². The highest BCUT2D eigenvalue weighted by Crippen LogP contribution is 2.21. The number of benzene rings is 1. The number of amides is 1. The van der Waals surface area contributed by atoms with E-state index in [1.807, 2.05) is 0 Å². The predicted octanol–water partition coefficient (Wildman–Crippen LogP) is 2.81. The van der Waals surface area contributed by atoms with Crippen molar-refractivity contribution in [2.24, 2.45) is 4.99 Å². The van der Waals surface area contributed by atoms with E-state index < -0.39 is 0 Å². The number of hydrogen-bond donors (Lipinski definition) is 3. The van der Waals surface area contributed by atoms with E-state index in [-0.39, 0.29) is 29.9 Å². The molecular weight excluding hydrogens is 465 g/mol. The Morgan fingerprint density at radius 2 is 1.89 bits per heavy atom. The number of hydrogen-bond acceptors (Lipinski definition) is 3. The summed E-state index contributed by atoms with van der Waals surface area (Å²) in [6, 6.07) is 9.57. The van der Waals surface area contributed by atoms with Crippen molar-refractivity contribution in [2.45, 2.75) is 58.0 Å². The highest BCUT2D eigenvalue weighted by atomic mass is 127. The molecule has 1 aromatic rings. The van der Waals surface area contributed by atoms with Gasteiger partial charge in [-0.2, -0.15) is 0 Å². The summed E-state index contributed by atoms with van der Waals surface area (Å²) in [4.78, 5) is 18.8. The van der Waals surface area contributed by atoms with Crippen LogP contribution in [0.15, 0.2) is 29.3 Å². The Kier molecular flexibility index (Phi) is 9.34. The van der Waals surface area contributed by atoms with Crippen LogP contribution in [0.5, 0.6) is 0 Å². The first-order valence-corrected chi connectivity index (χ1v) is 10.3. The van der Waals surface area contributed by atoms with Crippen LogP contribution in [0.4, 0.5) is 5.69 Å². The van der Waals surface area contributed by atoms with Gasteiger partial charge < -0.3 is 20.9 Å². The van der Waals surface area contributed by atoms with Crippen molar-refractivity contribution >= 4 is 41.5 Å². The topological polar surface area (TPSA) is 68.8 Å². The van der Waals surface area contributed by atoms with Gasteiger partial charge in [-0.05, 0) is 51.7 Å². The molecule has 3 rings (SSSR count). The van der Waals surface area contributed by atoms with Crippen molar-refractivity contribution in [1.82, 2.24) is 16.0 Å². The molecule has 3 N–H and O–H groups in total. The fourth-order valence-electron chi connectivity index (χ4n) is 3.34. The molecular formula is C21H34IN5O. The maximum Gasteiger partial charge on any atom is 0.220 e. The summed E-state index contributed by atoms with van der Waals surface area (Å²) in [7, 11) is 0. The number of nitrogens with zero attached hydrogens (tertiary/aromatic N) is 2. The Morgan fingerprint density at radius 1 is 1.14 bits per heavy atom. The van der Waals surface area contributed by atoms with E-state index in [2.05, 4.69) is 64.0 Å². The van der Waals surface area contributed by atoms with E-state index in [1.165, 1.54) is 11.3 Å². The van der Waals surface area contributed by atoms with Gasteiger partial charge in [0, 0.05) is 50.4 Å². The number of aliphatic imine (C=N–C) groups is 1. The molecule has 7 heteroatoms. The Labute approximate surface area is 186 Å². The molecule has 0 aromatic heterocycles. The molecule has 1 saturated carbocycles. The fourth-order valence-corrected chi connectivity index (χ4v) is 3.34. The molecule has 1 aliphatic carbocycles. The quantitative estimate of drug-likeness (QED) is 0.223. The summed E-state index contributed by atoms with van der Waals surface area (Å²) in [5, 5.41) is 9.90. The van der Waals surface area contributed by atoms with Crippen molar-refractivity contribution in [1.29, 1.82) is 0 Å². The first-order chi connectivity index (χ1) is 13.1. The first kappa shape index (κ1) is 22.8. The van der Waals surface area contributed by atoms with Gasteiger partial charge in [-0.3, -0.25) is 9.79 Å². The molecule has 1 atom stereocenters. The van der Waals surface area contributed by atoms with Gasteiger partial charge >= 0.3 is 0 Å². The van der Waals surface area contributed by atoms with Gasteiger partial charge in [0.25, 0.3) is 0 Å². The lowest BCUT2D eigenvalue weighted by Gasteiger charge is -2.20. The minimum Gasteiger partial charge on any atom is -0.369 e. The number of halogens is 1. The van der Waals surface area contributed by atoms with Gasteiger partial charge in [-0.1, -0.05) is 17.7 Å². The lowest BCUT2D eigenvalue weighted by Crippen LogP contribution is -2.44. The van der Waals surface area contributed by atoms with Crippen LogP contribution in [0.25, 0.3) is 0 Å². The highest BCUT2D eigenvalue weighted by Gasteiger charge is 2.24. The summed E-state index contributed by atoms with van der Waals surface area (Å²) >= 11 is 0. The normalized spacial score (nSPS) is 19.1. The van der Waals surface area contributed by atoms with E-state index >= 15 is 0 Å². The maximum atomic E-state index is 11.7. The molecule has 2 aliphatic rings. The molecule has 1 amide bonds. The Balaban J connectivity index is 0.00000280. The van der Waals surface area contributed by atoms with Crippen LogP contribution < -0.4 is 20.9 Å². The third-order valence-corrected chi connectivity index (χ3v) is 5.05. The van der Waals surface area contributed by atoms with Crippen LogP contribution in [-0.2, 0) is 4.79 Å². The standard InChI is InChI=1S/C21H33N5O.HI/c1-3-22-21(23-13-4-5-20(27)24-17-8-9-17)25-18-12-14-26(15-18)19-10-6-16(2)7-11-19;/h6-7,10-11,17-18H,3-5,8-9,12-15H2,1-2H3,(H,24,27)(H2,22,23,25);1H. The number of carbonyl (C=O) groups excluding carboxylic acids is 1. The molecule has 1 heterocycles. The maximum absolute atomic E-state index is 11.7. The molecule has 2 fully saturated rings. The summed E-state index contributed by atoms with van der Waals surface area (Å²) in [5.74, 6) is 1.02. The van der Waals surface area contributed by atoms with Crippen LogP contribution in [-0.4, -0.2) is 50.1 Å². The van der Waals surface area contributed by atoms with Crippen molar-refractivity contribution in [3.05, 3.63) is 29.8 Å². The van der Waals surface area contributed by atoms with Crippen LogP contribution in [0.3, 0.4) is 0 Å².